The van der Waals surface area contributed by atoms with Crippen LogP contribution >= 0.6 is 0 Å². The highest BCUT2D eigenvalue weighted by Gasteiger charge is 2.16. The summed E-state index contributed by atoms with van der Waals surface area (Å²) in [6.45, 7) is 5.88. The zero-order chi connectivity index (χ0) is 32.6. The number of rotatable bonds is 12. The molecule has 4 amide bonds. The molecule has 4 unspecified atom stereocenters. The van der Waals surface area contributed by atoms with Gasteiger partial charge < -0.3 is 20.4 Å². The number of hydrazine groups is 4. The van der Waals surface area contributed by atoms with Crippen molar-refractivity contribution in [2.24, 2.45) is 47.0 Å². The number of carboxylic acids is 4. The zero-order valence-corrected chi connectivity index (χ0v) is 22.5. The minimum Gasteiger partial charge on any atom is -0.481 e. The summed E-state index contributed by atoms with van der Waals surface area (Å²) in [4.78, 5) is 82.2. The molecule has 0 saturated heterocycles. The molecule has 20 heteroatoms. The summed E-state index contributed by atoms with van der Waals surface area (Å²) in [5, 5.41) is 32.8. The third-order valence-electron chi connectivity index (χ3n) is 4.29. The first-order valence-corrected chi connectivity index (χ1v) is 11.2. The van der Waals surface area contributed by atoms with Crippen molar-refractivity contribution in [1.29, 1.82) is 0 Å². The summed E-state index contributed by atoms with van der Waals surface area (Å²) in [6.07, 6.45) is -0.538. The average molecular weight is 585 g/mol. The van der Waals surface area contributed by atoms with Crippen molar-refractivity contribution in [1.82, 2.24) is 21.7 Å². The number of carbonyl (C=O) groups is 8. The Kier molecular flexibility index (Phi) is 26.6. The molecule has 16 N–H and O–H groups in total. The lowest BCUT2D eigenvalue weighted by atomic mass is 10.1. The largest absolute Gasteiger partial charge is 0.481 e. The Bertz CT molecular complexity index is 855. The van der Waals surface area contributed by atoms with E-state index in [1.165, 1.54) is 20.8 Å². The van der Waals surface area contributed by atoms with Crippen LogP contribution in [0, 0.1) is 23.7 Å². The third kappa shape index (κ3) is 28.2. The highest BCUT2D eigenvalue weighted by Crippen LogP contribution is 2.01. The van der Waals surface area contributed by atoms with Gasteiger partial charge in [-0.15, -0.1) is 0 Å². The number of nitrogens with two attached hydrogens (primary N) is 4. The van der Waals surface area contributed by atoms with Crippen LogP contribution < -0.4 is 45.1 Å². The molecule has 0 fully saturated rings. The van der Waals surface area contributed by atoms with Crippen molar-refractivity contribution >= 4 is 47.5 Å². The molecular formula is C20H40N8O12. The standard InChI is InChI=1S/C5H12N4O2.2C5H10N2O3.C5H8O4/c1-3(5(11)9-7)2-4(10)8-6;1-3(2-4(8)9)5(10)7-6;1-3(5(9)10)2-4(8)7-6;1-3(5(8)9)2-4(6)7/h3H,2,6-7H2,1H3,(H,8,10)(H,9,11);3H,2,6H2,1H3,(H,7,10)(H,8,9);3H,2,6H2,1H3,(H,7,8)(H,9,10);3H,2H2,1H3,(H,6,7)(H,8,9). The first-order valence-electron chi connectivity index (χ1n) is 11.2. The number of hydrogen-bond acceptors (Lipinski definition) is 12. The molecule has 0 heterocycles. The van der Waals surface area contributed by atoms with Crippen molar-refractivity contribution < 1.29 is 58.8 Å². The first kappa shape index (κ1) is 42.7. The van der Waals surface area contributed by atoms with E-state index in [0.717, 1.165) is 0 Å². The van der Waals surface area contributed by atoms with Crippen LogP contribution in [0.15, 0.2) is 0 Å². The topological polar surface area (TPSA) is 370 Å². The summed E-state index contributed by atoms with van der Waals surface area (Å²) in [6, 6.07) is 0. The van der Waals surface area contributed by atoms with Crippen molar-refractivity contribution in [2.75, 3.05) is 0 Å². The van der Waals surface area contributed by atoms with Gasteiger partial charge in [-0.3, -0.25) is 60.1 Å². The van der Waals surface area contributed by atoms with Crippen molar-refractivity contribution in [3.63, 3.8) is 0 Å². The van der Waals surface area contributed by atoms with E-state index < -0.39 is 59.4 Å². The minimum absolute atomic E-state index is 0.0412. The fourth-order valence-corrected chi connectivity index (χ4v) is 1.84. The molecule has 20 nitrogen and oxygen atoms in total. The second kappa shape index (κ2) is 24.9. The van der Waals surface area contributed by atoms with Crippen LogP contribution in [0.25, 0.3) is 0 Å². The van der Waals surface area contributed by atoms with Gasteiger partial charge in [0.2, 0.25) is 23.6 Å². The highest BCUT2D eigenvalue weighted by molar-refractivity contribution is 5.85. The third-order valence-corrected chi connectivity index (χ3v) is 4.29. The van der Waals surface area contributed by atoms with Crippen LogP contribution in [0.2, 0.25) is 0 Å². The summed E-state index contributed by atoms with van der Waals surface area (Å²) < 4.78 is 0. The number of carboxylic acid groups (broad SMARTS) is 4. The molecule has 0 spiro atoms. The quantitative estimate of drug-likeness (QED) is 0.0597. The van der Waals surface area contributed by atoms with Crippen molar-refractivity contribution in [2.45, 2.75) is 53.4 Å². The highest BCUT2D eigenvalue weighted by atomic mass is 16.4. The average Bonchev–Trinajstić information content (AvgIpc) is 2.87. The van der Waals surface area contributed by atoms with Crippen molar-refractivity contribution in [3.05, 3.63) is 0 Å². The van der Waals surface area contributed by atoms with Crippen LogP contribution in [0.4, 0.5) is 0 Å². The molecule has 0 rings (SSSR count). The normalized spacial score (nSPS) is 12.2. The molecule has 0 aromatic carbocycles. The lowest BCUT2D eigenvalue weighted by Gasteiger charge is -2.06. The molecule has 0 aliphatic rings. The molecule has 4 atom stereocenters. The molecule has 0 aliphatic heterocycles. The lowest BCUT2D eigenvalue weighted by molar-refractivity contribution is -0.147. The van der Waals surface area contributed by atoms with E-state index in [2.05, 4.69) is 0 Å². The van der Waals surface area contributed by atoms with E-state index in [1.807, 2.05) is 21.7 Å². The van der Waals surface area contributed by atoms with Gasteiger partial charge in [0.25, 0.3) is 0 Å². The molecule has 0 bridgehead atoms. The van der Waals surface area contributed by atoms with E-state index in [4.69, 9.17) is 43.8 Å². The number of nitrogens with one attached hydrogen (secondary N) is 4. The Hall–Kier alpha value is -4.40. The van der Waals surface area contributed by atoms with Gasteiger partial charge in [0.15, 0.2) is 0 Å². The number of amides is 4. The van der Waals surface area contributed by atoms with Crippen LogP contribution in [-0.4, -0.2) is 67.9 Å². The minimum atomic E-state index is -1.08. The van der Waals surface area contributed by atoms with Gasteiger partial charge in [0.1, 0.15) is 0 Å². The monoisotopic (exact) mass is 584 g/mol. The Morgan fingerprint density at radius 2 is 0.725 bits per heavy atom. The zero-order valence-electron chi connectivity index (χ0n) is 22.5. The predicted octanol–water partition coefficient (Wildman–Crippen LogP) is -3.65. The van der Waals surface area contributed by atoms with Gasteiger partial charge in [-0.1, -0.05) is 27.7 Å². The van der Waals surface area contributed by atoms with E-state index in [9.17, 15) is 38.4 Å². The summed E-state index contributed by atoms with van der Waals surface area (Å²) >= 11 is 0. The summed E-state index contributed by atoms with van der Waals surface area (Å²) in [5.74, 6) is 10.8. The molecule has 40 heavy (non-hydrogen) atoms. The molecule has 0 aromatic heterocycles. The second-order valence-electron chi connectivity index (χ2n) is 8.04. The predicted molar refractivity (Wildman–Crippen MR) is 135 cm³/mol. The Morgan fingerprint density at radius 1 is 0.475 bits per heavy atom. The second-order valence-corrected chi connectivity index (χ2v) is 8.04. The maximum absolute atomic E-state index is 10.7. The summed E-state index contributed by atoms with van der Waals surface area (Å²) in [7, 11) is 0. The van der Waals surface area contributed by atoms with Crippen LogP contribution in [0.3, 0.4) is 0 Å². The molecule has 0 aliphatic carbocycles. The van der Waals surface area contributed by atoms with Crippen LogP contribution in [0.1, 0.15) is 53.4 Å². The van der Waals surface area contributed by atoms with Gasteiger partial charge in [0.05, 0.1) is 24.7 Å². The number of hydrogen-bond donors (Lipinski definition) is 12. The lowest BCUT2D eigenvalue weighted by Crippen LogP contribution is -2.38. The van der Waals surface area contributed by atoms with Crippen LogP contribution in [-0.2, 0) is 38.4 Å². The molecule has 0 radical (unpaired) electrons. The van der Waals surface area contributed by atoms with E-state index >= 15 is 0 Å². The first-order chi connectivity index (χ1) is 18.3. The Balaban J connectivity index is -0.000000217. The maximum Gasteiger partial charge on any atom is 0.306 e. The van der Waals surface area contributed by atoms with E-state index in [0.29, 0.717) is 0 Å². The van der Waals surface area contributed by atoms with E-state index in [-0.39, 0.29) is 37.5 Å². The fourth-order valence-electron chi connectivity index (χ4n) is 1.84. The smallest absolute Gasteiger partial charge is 0.306 e. The van der Waals surface area contributed by atoms with Crippen molar-refractivity contribution in [3.8, 4) is 0 Å². The Morgan fingerprint density at radius 3 is 0.950 bits per heavy atom. The molecule has 232 valence electrons. The van der Waals surface area contributed by atoms with E-state index in [1.54, 1.807) is 6.92 Å². The number of carbonyl (C=O) groups excluding carboxylic acids is 4. The van der Waals surface area contributed by atoms with Gasteiger partial charge in [-0.2, -0.15) is 0 Å². The Labute approximate surface area is 229 Å². The van der Waals surface area contributed by atoms with Crippen LogP contribution in [0.5, 0.6) is 0 Å². The molecule has 0 aromatic rings. The van der Waals surface area contributed by atoms with Gasteiger partial charge >= 0.3 is 23.9 Å². The maximum atomic E-state index is 10.7. The van der Waals surface area contributed by atoms with Gasteiger partial charge in [0, 0.05) is 24.7 Å². The molecular weight excluding hydrogens is 544 g/mol. The SMILES string of the molecule is CC(CC(=O)NN)C(=O)NN.CC(CC(=O)NN)C(=O)O.CC(CC(=O)O)C(=O)NN.CC(CC(=O)O)C(=O)O. The van der Waals surface area contributed by atoms with Gasteiger partial charge in [-0.25, -0.2) is 23.4 Å². The fraction of sp³-hybridized carbons (Fsp3) is 0.600. The summed E-state index contributed by atoms with van der Waals surface area (Å²) in [5.41, 5.74) is 7.57. The molecule has 0 saturated carbocycles. The number of aliphatic carboxylic acids is 4. The van der Waals surface area contributed by atoms with Gasteiger partial charge in [-0.05, 0) is 0 Å².